The van der Waals surface area contributed by atoms with Crippen LogP contribution in [0.3, 0.4) is 0 Å². The van der Waals surface area contributed by atoms with Crippen LogP contribution in [-0.4, -0.2) is 51.3 Å². The quantitative estimate of drug-likeness (QED) is 0.825. The number of methoxy groups -OCH3 is 1. The van der Waals surface area contributed by atoms with Gasteiger partial charge in [-0.3, -0.25) is 19.1 Å². The largest absolute Gasteiger partial charge is 0.496 e. The molecule has 1 aliphatic rings. The molecule has 8 heteroatoms. The number of hydrogen-bond acceptors (Lipinski definition) is 5. The summed E-state index contributed by atoms with van der Waals surface area (Å²) in [6, 6.07) is 7.45. The Morgan fingerprint density at radius 2 is 2.04 bits per heavy atom. The van der Waals surface area contributed by atoms with Crippen LogP contribution in [0.2, 0.25) is 0 Å². The number of aromatic nitrogens is 2. The van der Waals surface area contributed by atoms with Gasteiger partial charge in [-0.25, -0.2) is 4.79 Å². The van der Waals surface area contributed by atoms with Crippen LogP contribution in [0.1, 0.15) is 29.7 Å². The highest BCUT2D eigenvalue weighted by molar-refractivity contribution is 5.97. The first kappa shape index (κ1) is 17.9. The van der Waals surface area contributed by atoms with E-state index in [2.05, 4.69) is 4.98 Å². The molecule has 2 heterocycles. The highest BCUT2D eigenvalue weighted by atomic mass is 16.5. The minimum absolute atomic E-state index is 0.135. The maximum atomic E-state index is 12.9. The number of carbonyl (C=O) groups is 1. The number of piperidine rings is 1. The minimum Gasteiger partial charge on any atom is -0.496 e. The summed E-state index contributed by atoms with van der Waals surface area (Å²) in [6.45, 7) is 2.11. The van der Waals surface area contributed by atoms with Crippen molar-refractivity contribution in [2.75, 3.05) is 20.2 Å². The summed E-state index contributed by atoms with van der Waals surface area (Å²) in [7, 11) is 1.50. The summed E-state index contributed by atoms with van der Waals surface area (Å²) in [5.41, 5.74) is -1.90. The van der Waals surface area contributed by atoms with Gasteiger partial charge in [0, 0.05) is 25.4 Å². The molecular formula is C18H21N3O5. The predicted octanol–water partition coefficient (Wildman–Crippen LogP) is 0.383. The number of amides is 1. The third-order valence-corrected chi connectivity index (χ3v) is 4.81. The van der Waals surface area contributed by atoms with E-state index < -0.39 is 22.9 Å². The van der Waals surface area contributed by atoms with Gasteiger partial charge in [-0.1, -0.05) is 12.1 Å². The lowest BCUT2D eigenvalue weighted by molar-refractivity contribution is -0.0459. The van der Waals surface area contributed by atoms with Gasteiger partial charge in [-0.05, 0) is 25.5 Å². The Bertz CT molecular complexity index is 931. The molecule has 3 rings (SSSR count). The molecular weight excluding hydrogens is 338 g/mol. The van der Waals surface area contributed by atoms with E-state index in [4.69, 9.17) is 4.74 Å². The number of aliphatic hydroxyl groups is 1. The fourth-order valence-electron chi connectivity index (χ4n) is 3.26. The van der Waals surface area contributed by atoms with E-state index >= 15 is 0 Å². The van der Waals surface area contributed by atoms with E-state index in [-0.39, 0.29) is 12.5 Å². The number of nitrogens with one attached hydrogen (secondary N) is 1. The topological polar surface area (TPSA) is 105 Å². The van der Waals surface area contributed by atoms with Gasteiger partial charge in [-0.15, -0.1) is 0 Å². The summed E-state index contributed by atoms with van der Waals surface area (Å²) >= 11 is 0. The first-order valence-electron chi connectivity index (χ1n) is 8.29. The standard InChI is InChI=1S/C18H21N3O5/c1-18(25)8-10-20(16(23)12-5-3-4-6-13(12)26-2)11-14(18)21-9-7-15(22)19-17(21)24/h3-7,9,14,25H,8,10-11H2,1-2H3,(H,19,22,24)/t14-,18-/m1/s1. The highest BCUT2D eigenvalue weighted by Crippen LogP contribution is 2.32. The molecule has 0 radical (unpaired) electrons. The molecule has 8 nitrogen and oxygen atoms in total. The van der Waals surface area contributed by atoms with Crippen LogP contribution in [0, 0.1) is 0 Å². The van der Waals surface area contributed by atoms with E-state index in [9.17, 15) is 19.5 Å². The maximum absolute atomic E-state index is 12.9. The molecule has 138 valence electrons. The van der Waals surface area contributed by atoms with Gasteiger partial charge in [0.05, 0.1) is 24.3 Å². The second kappa shape index (κ2) is 6.80. The third-order valence-electron chi connectivity index (χ3n) is 4.81. The van der Waals surface area contributed by atoms with Crippen LogP contribution in [0.4, 0.5) is 0 Å². The number of ether oxygens (including phenoxy) is 1. The molecule has 0 saturated carbocycles. The van der Waals surface area contributed by atoms with Crippen molar-refractivity contribution in [2.45, 2.75) is 25.0 Å². The van der Waals surface area contributed by atoms with Crippen molar-refractivity contribution in [1.29, 1.82) is 0 Å². The predicted molar refractivity (Wildman–Crippen MR) is 94.5 cm³/mol. The van der Waals surface area contributed by atoms with Crippen molar-refractivity contribution in [3.63, 3.8) is 0 Å². The van der Waals surface area contributed by atoms with E-state index in [0.717, 1.165) is 0 Å². The minimum atomic E-state index is -1.19. The van der Waals surface area contributed by atoms with Crippen molar-refractivity contribution < 1.29 is 14.6 Å². The van der Waals surface area contributed by atoms with Gasteiger partial charge < -0.3 is 14.7 Å². The summed E-state index contributed by atoms with van der Waals surface area (Å²) in [5, 5.41) is 10.7. The summed E-state index contributed by atoms with van der Waals surface area (Å²) in [5.74, 6) is 0.230. The zero-order chi connectivity index (χ0) is 18.9. The summed E-state index contributed by atoms with van der Waals surface area (Å²) in [6.07, 6.45) is 1.64. The van der Waals surface area contributed by atoms with E-state index in [1.165, 1.54) is 23.9 Å². The Hall–Kier alpha value is -2.87. The molecule has 0 unspecified atom stereocenters. The van der Waals surface area contributed by atoms with E-state index in [1.807, 2.05) is 0 Å². The summed E-state index contributed by atoms with van der Waals surface area (Å²) in [4.78, 5) is 40.1. The second-order valence-electron chi connectivity index (χ2n) is 6.59. The maximum Gasteiger partial charge on any atom is 0.328 e. The molecule has 1 aliphatic heterocycles. The monoisotopic (exact) mass is 359 g/mol. The molecule has 2 atom stereocenters. The number of aromatic amines is 1. The molecule has 26 heavy (non-hydrogen) atoms. The van der Waals surface area contributed by atoms with Gasteiger partial charge in [0.25, 0.3) is 11.5 Å². The SMILES string of the molecule is COc1ccccc1C(=O)N1CC[C@@](C)(O)[C@H](n2ccc(=O)[nH]c2=O)C1. The second-order valence-corrected chi connectivity index (χ2v) is 6.59. The Kier molecular flexibility index (Phi) is 4.69. The Morgan fingerprint density at radius 1 is 1.31 bits per heavy atom. The Balaban J connectivity index is 1.93. The lowest BCUT2D eigenvalue weighted by Crippen LogP contribution is -2.55. The number of benzene rings is 1. The smallest absolute Gasteiger partial charge is 0.328 e. The fourth-order valence-corrected chi connectivity index (χ4v) is 3.26. The molecule has 1 saturated heterocycles. The molecule has 2 N–H and O–H groups in total. The van der Waals surface area contributed by atoms with Crippen LogP contribution in [0.5, 0.6) is 5.75 Å². The zero-order valence-corrected chi connectivity index (χ0v) is 14.6. The Labute approximate surface area is 149 Å². The van der Waals surface area contributed by atoms with Crippen molar-refractivity contribution in [2.24, 2.45) is 0 Å². The van der Waals surface area contributed by atoms with Crippen molar-refractivity contribution in [3.8, 4) is 5.75 Å². The van der Waals surface area contributed by atoms with Gasteiger partial charge in [0.2, 0.25) is 0 Å². The lowest BCUT2D eigenvalue weighted by atomic mass is 9.87. The van der Waals surface area contributed by atoms with Crippen molar-refractivity contribution in [1.82, 2.24) is 14.5 Å². The van der Waals surface area contributed by atoms with Crippen LogP contribution in [0.15, 0.2) is 46.1 Å². The van der Waals surface area contributed by atoms with Gasteiger partial charge >= 0.3 is 5.69 Å². The fraction of sp³-hybridized carbons (Fsp3) is 0.389. The van der Waals surface area contributed by atoms with Crippen LogP contribution < -0.4 is 16.0 Å². The number of H-pyrrole nitrogens is 1. The molecule has 1 fully saturated rings. The van der Waals surface area contributed by atoms with E-state index in [0.29, 0.717) is 24.3 Å². The van der Waals surface area contributed by atoms with Gasteiger partial charge in [0.15, 0.2) is 0 Å². The number of rotatable bonds is 3. The molecule has 0 aliphatic carbocycles. The average Bonchev–Trinajstić information content (AvgIpc) is 2.61. The number of nitrogens with zero attached hydrogens (tertiary/aromatic N) is 2. The highest BCUT2D eigenvalue weighted by Gasteiger charge is 2.41. The average molecular weight is 359 g/mol. The van der Waals surface area contributed by atoms with E-state index in [1.54, 1.807) is 36.1 Å². The van der Waals surface area contributed by atoms with Crippen LogP contribution >= 0.6 is 0 Å². The van der Waals surface area contributed by atoms with Crippen molar-refractivity contribution >= 4 is 5.91 Å². The first-order chi connectivity index (χ1) is 12.3. The first-order valence-corrected chi connectivity index (χ1v) is 8.29. The van der Waals surface area contributed by atoms with Crippen LogP contribution in [0.25, 0.3) is 0 Å². The zero-order valence-electron chi connectivity index (χ0n) is 14.6. The molecule has 1 aromatic carbocycles. The molecule has 1 amide bonds. The van der Waals surface area contributed by atoms with Crippen LogP contribution in [-0.2, 0) is 0 Å². The lowest BCUT2D eigenvalue weighted by Gasteiger charge is -2.43. The molecule has 0 bridgehead atoms. The van der Waals surface area contributed by atoms with Gasteiger partial charge in [-0.2, -0.15) is 0 Å². The molecule has 0 spiro atoms. The van der Waals surface area contributed by atoms with Gasteiger partial charge in [0.1, 0.15) is 5.75 Å². The molecule has 2 aromatic rings. The molecule has 1 aromatic heterocycles. The number of likely N-dealkylation sites (tertiary alicyclic amines) is 1. The number of carbonyl (C=O) groups excluding carboxylic acids is 1. The Morgan fingerprint density at radius 3 is 2.73 bits per heavy atom. The normalized spacial score (nSPS) is 22.9. The third kappa shape index (κ3) is 3.28. The van der Waals surface area contributed by atoms with Crippen molar-refractivity contribution in [3.05, 3.63) is 62.9 Å². The number of para-hydroxylation sites is 1. The summed E-state index contributed by atoms with van der Waals surface area (Å²) < 4.78 is 6.52. The number of hydrogen-bond donors (Lipinski definition) is 2.